The number of hydrogen-bond acceptors (Lipinski definition) is 12. The number of aryl methyl sites for hydroxylation is 6. The minimum absolute atomic E-state index is 0.122. The Labute approximate surface area is 404 Å². The zero-order valence-electron chi connectivity index (χ0n) is 39.3. The molecule has 0 spiro atoms. The molecule has 6 aromatic heterocycles. The van der Waals surface area contributed by atoms with Gasteiger partial charge in [-0.1, -0.05) is 10.3 Å². The van der Waals surface area contributed by atoms with Gasteiger partial charge in [0, 0.05) is 64.6 Å². The zero-order valence-corrected chi connectivity index (χ0v) is 40.9. The minimum atomic E-state index is -1.79. The summed E-state index contributed by atoms with van der Waals surface area (Å²) in [4.78, 5) is 25.0. The van der Waals surface area contributed by atoms with Crippen molar-refractivity contribution < 1.29 is 37.5 Å². The molecule has 4 N–H and O–H groups in total. The molecule has 69 heavy (non-hydrogen) atoms. The van der Waals surface area contributed by atoms with Gasteiger partial charge in [0.1, 0.15) is 39.0 Å². The molecule has 12 rings (SSSR count). The lowest BCUT2D eigenvalue weighted by Gasteiger charge is -2.35. The van der Waals surface area contributed by atoms with Gasteiger partial charge in [-0.15, -0.1) is 0 Å². The number of nitrogens with zero attached hydrogens (tertiary/aromatic N) is 6. The summed E-state index contributed by atoms with van der Waals surface area (Å²) in [6, 6.07) is 10.9. The van der Waals surface area contributed by atoms with Crippen molar-refractivity contribution in [2.24, 2.45) is 0 Å². The zero-order chi connectivity index (χ0) is 48.1. The van der Waals surface area contributed by atoms with Crippen molar-refractivity contribution >= 4 is 38.0 Å². The van der Waals surface area contributed by atoms with Crippen LogP contribution in [-0.2, 0) is 20.7 Å². The van der Waals surface area contributed by atoms with E-state index in [1.54, 1.807) is 26.0 Å². The number of aromatic nitrogens is 8. The van der Waals surface area contributed by atoms with E-state index in [2.05, 4.69) is 46.2 Å². The Morgan fingerprint density at radius 3 is 1.51 bits per heavy atom. The summed E-state index contributed by atoms with van der Waals surface area (Å²) in [5, 5.41) is 33.3. The summed E-state index contributed by atoms with van der Waals surface area (Å²) >= 11 is 3.39. The maximum atomic E-state index is 15.7. The quantitative estimate of drug-likeness (QED) is 0.0949. The van der Waals surface area contributed by atoms with Crippen molar-refractivity contribution in [3.05, 3.63) is 127 Å². The Morgan fingerprint density at radius 2 is 1.07 bits per heavy atom. The predicted octanol–water partition coefficient (Wildman–Crippen LogP) is 10.7. The largest absolute Gasteiger partial charge is 0.377 e. The molecule has 2 saturated carbocycles. The van der Waals surface area contributed by atoms with E-state index >= 15 is 8.78 Å². The van der Waals surface area contributed by atoms with Crippen LogP contribution in [0.2, 0.25) is 0 Å². The lowest BCUT2D eigenvalue weighted by molar-refractivity contribution is -0.0632. The molecule has 2 saturated heterocycles. The van der Waals surface area contributed by atoms with Gasteiger partial charge in [-0.25, -0.2) is 23.7 Å². The molecule has 358 valence electrons. The molecular formula is C52H53BrF2N8O6. The third-order valence-corrected chi connectivity index (χ3v) is 14.8. The summed E-state index contributed by atoms with van der Waals surface area (Å²) in [5.74, 6) is 2.81. The highest BCUT2D eigenvalue weighted by atomic mass is 79.9. The topological polar surface area (TPSA) is 194 Å². The smallest absolute Gasteiger partial charge is 0.151 e. The summed E-state index contributed by atoms with van der Waals surface area (Å²) in [5.41, 5.74) is 5.81. The molecule has 4 unspecified atom stereocenters. The molecule has 8 heterocycles. The number of nitrogens with one attached hydrogen (secondary N) is 2. The normalized spacial score (nSPS) is 20.1. The van der Waals surface area contributed by atoms with Crippen LogP contribution in [0.4, 0.5) is 8.78 Å². The van der Waals surface area contributed by atoms with Crippen LogP contribution in [0.3, 0.4) is 0 Å². The van der Waals surface area contributed by atoms with Crippen molar-refractivity contribution in [3.63, 3.8) is 0 Å². The van der Waals surface area contributed by atoms with E-state index in [4.69, 9.17) is 28.5 Å². The van der Waals surface area contributed by atoms with Crippen LogP contribution in [0, 0.1) is 53.2 Å². The number of rotatable bonds is 10. The van der Waals surface area contributed by atoms with E-state index in [0.29, 0.717) is 76.2 Å². The number of halogens is 3. The predicted molar refractivity (Wildman–Crippen MR) is 256 cm³/mol. The summed E-state index contributed by atoms with van der Waals surface area (Å²) < 4.78 is 54.6. The van der Waals surface area contributed by atoms with Gasteiger partial charge in [-0.3, -0.25) is 4.98 Å². The standard InChI is InChI=1S/C26H26BrFN4O3.C26H27FN4O3/c1-12-22(14(3)35-32-12)16-9-18(24-19(10-16)30-25(31-24)15-6-7-15)26(33,20-5-4-8-34-20)17-11-21(27)29-13(2)23(17)28;1-13-22(15(3)34-31-13)17-11-19(24-20(12-17)29-25(30-24)16-6-7-16)26(32,21-5-4-10-33-21)18-8-9-28-14(2)23(18)27/h9-11,15,20,33H,4-8H2,1-3H3,(H,30,31);8-9,11-12,16,21,32H,4-7,10H2,1-3H3,(H,29,30). The van der Waals surface area contributed by atoms with Crippen LogP contribution in [-0.4, -0.2) is 75.9 Å². The molecule has 0 radical (unpaired) electrons. The number of aliphatic hydroxyl groups is 2. The van der Waals surface area contributed by atoms with Gasteiger partial charge in [-0.2, -0.15) is 0 Å². The van der Waals surface area contributed by atoms with Crippen LogP contribution < -0.4 is 0 Å². The SMILES string of the molecule is Cc1nc(Br)cc(C(O)(c2cc(-c3c(C)noc3C)cc3[nH]c(C4CC4)nc23)C2CCCO2)c1F.Cc1nccc(C(O)(c2cc(-c3c(C)noc3C)cc3[nH]c(C4CC4)nc23)C2CCCO2)c1F. The van der Waals surface area contributed by atoms with E-state index < -0.39 is 35.0 Å². The third-order valence-electron chi connectivity index (χ3n) is 14.4. The van der Waals surface area contributed by atoms with Crippen LogP contribution in [0.25, 0.3) is 44.3 Å². The first kappa shape index (κ1) is 45.7. The highest BCUT2D eigenvalue weighted by Gasteiger charge is 2.49. The van der Waals surface area contributed by atoms with Gasteiger partial charge in [0.05, 0.1) is 57.1 Å². The van der Waals surface area contributed by atoms with Gasteiger partial charge in [0.25, 0.3) is 0 Å². The van der Waals surface area contributed by atoms with Gasteiger partial charge in [0.15, 0.2) is 11.6 Å². The molecule has 0 bridgehead atoms. The lowest BCUT2D eigenvalue weighted by Crippen LogP contribution is -2.41. The van der Waals surface area contributed by atoms with Gasteiger partial charge >= 0.3 is 0 Å². The number of aromatic amines is 2. The first-order valence-electron chi connectivity index (χ1n) is 23.7. The summed E-state index contributed by atoms with van der Waals surface area (Å²) in [6.45, 7) is 11.7. The van der Waals surface area contributed by atoms with Crippen molar-refractivity contribution in [2.75, 3.05) is 13.2 Å². The minimum Gasteiger partial charge on any atom is -0.377 e. The van der Waals surface area contributed by atoms with Gasteiger partial charge in [0.2, 0.25) is 0 Å². The van der Waals surface area contributed by atoms with E-state index in [1.807, 2.05) is 52.0 Å². The number of benzene rings is 2. The van der Waals surface area contributed by atoms with Gasteiger partial charge in [-0.05, 0) is 156 Å². The molecule has 2 aliphatic carbocycles. The molecule has 4 atom stereocenters. The first-order chi connectivity index (χ1) is 33.1. The van der Waals surface area contributed by atoms with E-state index in [1.165, 1.54) is 6.20 Å². The van der Waals surface area contributed by atoms with Crippen molar-refractivity contribution in [3.8, 4) is 22.3 Å². The molecule has 14 nitrogen and oxygen atoms in total. The molecule has 0 amide bonds. The molecule has 2 aliphatic heterocycles. The Bertz CT molecular complexity index is 3250. The Balaban J connectivity index is 0.000000151. The fourth-order valence-corrected chi connectivity index (χ4v) is 11.1. The summed E-state index contributed by atoms with van der Waals surface area (Å²) in [6.07, 6.45) is 7.35. The molecule has 2 aromatic carbocycles. The fourth-order valence-electron chi connectivity index (χ4n) is 10.6. The molecule has 8 aromatic rings. The first-order valence-corrected chi connectivity index (χ1v) is 24.5. The number of imidazole rings is 2. The number of hydrogen-bond donors (Lipinski definition) is 4. The number of pyridine rings is 2. The second-order valence-corrected chi connectivity index (χ2v) is 20.0. The molecule has 4 fully saturated rings. The van der Waals surface area contributed by atoms with Crippen molar-refractivity contribution in [1.82, 2.24) is 40.2 Å². The van der Waals surface area contributed by atoms with Crippen molar-refractivity contribution in [2.45, 2.75) is 128 Å². The number of ether oxygens (including phenoxy) is 2. The highest BCUT2D eigenvalue weighted by molar-refractivity contribution is 9.10. The molecular weight excluding hydrogens is 951 g/mol. The monoisotopic (exact) mass is 1000 g/mol. The van der Waals surface area contributed by atoms with Crippen LogP contribution in [0.1, 0.15) is 131 Å². The van der Waals surface area contributed by atoms with E-state index in [-0.39, 0.29) is 22.5 Å². The second-order valence-electron chi connectivity index (χ2n) is 19.2. The molecule has 4 aliphatic rings. The Hall–Kier alpha value is -5.72. The summed E-state index contributed by atoms with van der Waals surface area (Å²) in [7, 11) is 0. The maximum absolute atomic E-state index is 15.7. The fraction of sp³-hybridized carbons (Fsp3) is 0.423. The van der Waals surface area contributed by atoms with Crippen LogP contribution in [0.5, 0.6) is 0 Å². The maximum Gasteiger partial charge on any atom is 0.151 e. The number of fused-ring (bicyclic) bond motifs is 2. The molecule has 17 heteroatoms. The van der Waals surface area contributed by atoms with E-state index in [9.17, 15) is 10.2 Å². The number of H-pyrrole nitrogens is 2. The van der Waals surface area contributed by atoms with Crippen molar-refractivity contribution in [1.29, 1.82) is 0 Å². The van der Waals surface area contributed by atoms with Crippen LogP contribution >= 0.6 is 15.9 Å². The van der Waals surface area contributed by atoms with Gasteiger partial charge < -0.3 is 38.7 Å². The highest BCUT2D eigenvalue weighted by Crippen LogP contribution is 2.49. The average molecular weight is 1000 g/mol. The third kappa shape index (κ3) is 7.80. The second kappa shape index (κ2) is 17.3. The van der Waals surface area contributed by atoms with Crippen LogP contribution in [0.15, 0.2) is 56.2 Å². The van der Waals surface area contributed by atoms with E-state index in [0.717, 1.165) is 94.8 Å². The Kier molecular flexibility index (Phi) is 11.5. The lowest BCUT2D eigenvalue weighted by atomic mass is 9.78. The average Bonchev–Trinajstić information content (AvgIpc) is 3.84. The Morgan fingerprint density at radius 1 is 0.594 bits per heavy atom.